The average molecular weight is 236 g/mol. The summed E-state index contributed by atoms with van der Waals surface area (Å²) in [4.78, 5) is 4.27. The number of hydrogen-bond donors (Lipinski definition) is 2. The van der Waals surface area contributed by atoms with Gasteiger partial charge in [-0.2, -0.15) is 12.6 Å². The van der Waals surface area contributed by atoms with Gasteiger partial charge in [0.15, 0.2) is 11.5 Å². The number of aryl methyl sites for hydroxylation is 1. The molecule has 0 saturated heterocycles. The van der Waals surface area contributed by atoms with E-state index in [0.717, 1.165) is 42.3 Å². The molecule has 0 radical (unpaired) electrons. The van der Waals surface area contributed by atoms with Gasteiger partial charge in [-0.15, -0.1) is 0 Å². The van der Waals surface area contributed by atoms with Gasteiger partial charge >= 0.3 is 0 Å². The summed E-state index contributed by atoms with van der Waals surface area (Å²) in [6, 6.07) is 6.13. The zero-order valence-electron chi connectivity index (χ0n) is 9.36. The second-order valence-corrected chi connectivity index (χ2v) is 4.24. The van der Waals surface area contributed by atoms with E-state index >= 15 is 0 Å². The third-order valence-electron chi connectivity index (χ3n) is 2.40. The molecular formula is C12H16N2OS. The summed E-state index contributed by atoms with van der Waals surface area (Å²) in [6.07, 6.45) is 1.09. The monoisotopic (exact) mass is 236 g/mol. The van der Waals surface area contributed by atoms with E-state index in [4.69, 9.17) is 4.42 Å². The molecule has 0 saturated carbocycles. The molecule has 3 nitrogen and oxygen atoms in total. The molecule has 1 N–H and O–H groups in total. The Morgan fingerprint density at radius 3 is 3.12 bits per heavy atom. The van der Waals surface area contributed by atoms with Gasteiger partial charge in [0.05, 0.1) is 0 Å². The van der Waals surface area contributed by atoms with E-state index in [-0.39, 0.29) is 0 Å². The van der Waals surface area contributed by atoms with Crippen LogP contribution >= 0.6 is 12.6 Å². The Morgan fingerprint density at radius 2 is 2.31 bits per heavy atom. The summed E-state index contributed by atoms with van der Waals surface area (Å²) in [5.41, 5.74) is 3.02. The summed E-state index contributed by atoms with van der Waals surface area (Å²) in [5.74, 6) is 1.64. The van der Waals surface area contributed by atoms with E-state index in [1.165, 1.54) is 5.56 Å². The molecule has 0 spiro atoms. The average Bonchev–Trinajstić information content (AvgIpc) is 2.64. The number of hydrogen-bond acceptors (Lipinski definition) is 4. The van der Waals surface area contributed by atoms with Crippen LogP contribution < -0.4 is 5.32 Å². The summed E-state index contributed by atoms with van der Waals surface area (Å²) < 4.78 is 5.48. The molecule has 0 aliphatic carbocycles. The Kier molecular flexibility index (Phi) is 3.85. The van der Waals surface area contributed by atoms with E-state index in [9.17, 15) is 0 Å². The number of benzene rings is 1. The Hall–Kier alpha value is -1.00. The van der Waals surface area contributed by atoms with Gasteiger partial charge in [-0.05, 0) is 36.4 Å². The number of rotatable bonds is 5. The molecule has 1 heterocycles. The summed E-state index contributed by atoms with van der Waals surface area (Å²) in [5, 5.41) is 3.36. The Bertz CT molecular complexity index is 467. The van der Waals surface area contributed by atoms with Crippen molar-refractivity contribution in [2.45, 2.75) is 19.9 Å². The minimum absolute atomic E-state index is 0.718. The normalized spacial score (nSPS) is 11.1. The number of fused-ring (bicyclic) bond motifs is 1. The van der Waals surface area contributed by atoms with Crippen molar-refractivity contribution < 1.29 is 4.42 Å². The number of nitrogens with one attached hydrogen (secondary N) is 1. The van der Waals surface area contributed by atoms with Crippen molar-refractivity contribution in [2.24, 2.45) is 0 Å². The second kappa shape index (κ2) is 5.37. The molecule has 0 bridgehead atoms. The van der Waals surface area contributed by atoms with Crippen LogP contribution in [0.5, 0.6) is 0 Å². The Morgan fingerprint density at radius 1 is 1.44 bits per heavy atom. The highest BCUT2D eigenvalue weighted by Gasteiger charge is 2.02. The van der Waals surface area contributed by atoms with Crippen molar-refractivity contribution >= 4 is 23.7 Å². The third kappa shape index (κ3) is 2.77. The van der Waals surface area contributed by atoms with Gasteiger partial charge in [0.2, 0.25) is 0 Å². The molecule has 2 rings (SSSR count). The lowest BCUT2D eigenvalue weighted by atomic mass is 10.2. The lowest BCUT2D eigenvalue weighted by molar-refractivity contribution is 0.560. The molecule has 2 aromatic rings. The van der Waals surface area contributed by atoms with Crippen molar-refractivity contribution in [1.29, 1.82) is 0 Å². The largest absolute Gasteiger partial charge is 0.441 e. The van der Waals surface area contributed by atoms with Crippen LogP contribution in [-0.2, 0) is 6.54 Å². The third-order valence-corrected chi connectivity index (χ3v) is 2.72. The molecule has 0 aliphatic rings. The lowest BCUT2D eigenvalue weighted by Gasteiger charge is -2.03. The SMILES string of the molecule is Cc1nc2ccc(CNCCCS)cc2o1. The van der Waals surface area contributed by atoms with Crippen LogP contribution in [0.1, 0.15) is 17.9 Å². The minimum atomic E-state index is 0.718. The lowest BCUT2D eigenvalue weighted by Crippen LogP contribution is -2.14. The molecule has 16 heavy (non-hydrogen) atoms. The smallest absolute Gasteiger partial charge is 0.192 e. The highest BCUT2D eigenvalue weighted by atomic mass is 32.1. The predicted octanol–water partition coefficient (Wildman–Crippen LogP) is 2.55. The van der Waals surface area contributed by atoms with E-state index in [0.29, 0.717) is 0 Å². The number of oxazole rings is 1. The number of aromatic nitrogens is 1. The van der Waals surface area contributed by atoms with E-state index in [1.54, 1.807) is 0 Å². The molecule has 0 aliphatic heterocycles. The molecule has 0 amide bonds. The van der Waals surface area contributed by atoms with Crippen LogP contribution in [0, 0.1) is 6.92 Å². The highest BCUT2D eigenvalue weighted by molar-refractivity contribution is 7.80. The van der Waals surface area contributed by atoms with Crippen LogP contribution in [0.15, 0.2) is 22.6 Å². The minimum Gasteiger partial charge on any atom is -0.441 e. The zero-order valence-corrected chi connectivity index (χ0v) is 10.3. The van der Waals surface area contributed by atoms with Gasteiger partial charge in [0, 0.05) is 13.5 Å². The quantitative estimate of drug-likeness (QED) is 0.619. The molecule has 1 aromatic heterocycles. The molecule has 0 unspecified atom stereocenters. The van der Waals surface area contributed by atoms with Crippen molar-refractivity contribution in [3.05, 3.63) is 29.7 Å². The number of thiol groups is 1. The topological polar surface area (TPSA) is 38.1 Å². The first-order valence-corrected chi connectivity index (χ1v) is 6.10. The molecule has 1 aromatic carbocycles. The maximum atomic E-state index is 5.48. The first kappa shape index (κ1) is 11.5. The van der Waals surface area contributed by atoms with Crippen molar-refractivity contribution in [2.75, 3.05) is 12.3 Å². The van der Waals surface area contributed by atoms with Gasteiger partial charge in [-0.25, -0.2) is 4.98 Å². The first-order valence-electron chi connectivity index (χ1n) is 5.47. The highest BCUT2D eigenvalue weighted by Crippen LogP contribution is 2.16. The fraction of sp³-hybridized carbons (Fsp3) is 0.417. The van der Waals surface area contributed by atoms with Crippen LogP contribution in [-0.4, -0.2) is 17.3 Å². The van der Waals surface area contributed by atoms with Gasteiger partial charge < -0.3 is 9.73 Å². The van der Waals surface area contributed by atoms with Crippen molar-refractivity contribution in [1.82, 2.24) is 10.3 Å². The second-order valence-electron chi connectivity index (χ2n) is 3.79. The van der Waals surface area contributed by atoms with E-state index < -0.39 is 0 Å². The van der Waals surface area contributed by atoms with E-state index in [2.05, 4.69) is 29.0 Å². The maximum Gasteiger partial charge on any atom is 0.192 e. The van der Waals surface area contributed by atoms with Gasteiger partial charge in [-0.1, -0.05) is 6.07 Å². The van der Waals surface area contributed by atoms with Crippen LogP contribution in [0.25, 0.3) is 11.1 Å². The Labute approximate surface area is 101 Å². The summed E-state index contributed by atoms with van der Waals surface area (Å²) in [6.45, 7) is 3.73. The van der Waals surface area contributed by atoms with E-state index in [1.807, 2.05) is 19.1 Å². The maximum absolute atomic E-state index is 5.48. The molecule has 4 heteroatoms. The van der Waals surface area contributed by atoms with Crippen LogP contribution in [0.2, 0.25) is 0 Å². The summed E-state index contributed by atoms with van der Waals surface area (Å²) >= 11 is 4.17. The molecular weight excluding hydrogens is 220 g/mol. The van der Waals surface area contributed by atoms with Crippen LogP contribution in [0.4, 0.5) is 0 Å². The first-order chi connectivity index (χ1) is 7.79. The standard InChI is InChI=1S/C12H16N2OS/c1-9-14-11-4-3-10(7-12(11)15-9)8-13-5-2-6-16/h3-4,7,13,16H,2,5-6,8H2,1H3. The number of nitrogens with zero attached hydrogens (tertiary/aromatic N) is 1. The van der Waals surface area contributed by atoms with Crippen molar-refractivity contribution in [3.63, 3.8) is 0 Å². The zero-order chi connectivity index (χ0) is 11.4. The molecule has 0 fully saturated rings. The van der Waals surface area contributed by atoms with Gasteiger partial charge in [0.1, 0.15) is 5.52 Å². The van der Waals surface area contributed by atoms with Crippen molar-refractivity contribution in [3.8, 4) is 0 Å². The van der Waals surface area contributed by atoms with Gasteiger partial charge in [-0.3, -0.25) is 0 Å². The Balaban J connectivity index is 2.02. The fourth-order valence-electron chi connectivity index (χ4n) is 1.63. The summed E-state index contributed by atoms with van der Waals surface area (Å²) in [7, 11) is 0. The molecule has 86 valence electrons. The predicted molar refractivity (Wildman–Crippen MR) is 68.9 cm³/mol. The fourth-order valence-corrected chi connectivity index (χ4v) is 1.79. The van der Waals surface area contributed by atoms with Gasteiger partial charge in [0.25, 0.3) is 0 Å². The van der Waals surface area contributed by atoms with Crippen LogP contribution in [0.3, 0.4) is 0 Å². The molecule has 0 atom stereocenters.